The number of amides is 1. The maximum Gasteiger partial charge on any atom is 0.245 e. The molecule has 15 heavy (non-hydrogen) atoms. The lowest BCUT2D eigenvalue weighted by molar-refractivity contribution is -0.124. The van der Waals surface area contributed by atoms with Crippen LogP contribution < -0.4 is 5.32 Å². The fourth-order valence-corrected chi connectivity index (χ4v) is 0.787. The summed E-state index contributed by atoms with van der Waals surface area (Å²) in [6.07, 6.45) is 0. The Morgan fingerprint density at radius 1 is 1.40 bits per heavy atom. The van der Waals surface area contributed by atoms with Crippen LogP contribution in [-0.2, 0) is 16.1 Å². The summed E-state index contributed by atoms with van der Waals surface area (Å²) in [7, 11) is 3.05. The first-order chi connectivity index (χ1) is 7.24. The molecular formula is C11H17NO3. The van der Waals surface area contributed by atoms with Gasteiger partial charge >= 0.3 is 0 Å². The number of carbonyl (C=O) groups is 1. The number of hydrogen-bond acceptors (Lipinski definition) is 3. The molecule has 0 heterocycles. The van der Waals surface area contributed by atoms with Gasteiger partial charge < -0.3 is 15.2 Å². The summed E-state index contributed by atoms with van der Waals surface area (Å²) in [5.74, 6) is -0.0949. The van der Waals surface area contributed by atoms with Crippen molar-refractivity contribution in [3.8, 4) is 0 Å². The maximum atomic E-state index is 10.2. The van der Waals surface area contributed by atoms with Gasteiger partial charge in [0.1, 0.15) is 6.61 Å². The molecule has 0 radical (unpaired) electrons. The highest BCUT2D eigenvalue weighted by Gasteiger charge is 1.90. The fraction of sp³-hybridized carbons (Fsp3) is 0.364. The molecule has 1 rings (SSSR count). The molecule has 1 amide bonds. The number of methoxy groups -OCH3 is 1. The van der Waals surface area contributed by atoms with Crippen LogP contribution in [0.25, 0.3) is 0 Å². The van der Waals surface area contributed by atoms with E-state index in [9.17, 15) is 4.79 Å². The Bertz CT molecular complexity index is 262. The van der Waals surface area contributed by atoms with E-state index in [0.29, 0.717) is 0 Å². The molecular weight excluding hydrogens is 194 g/mol. The van der Waals surface area contributed by atoms with E-state index in [4.69, 9.17) is 5.11 Å². The van der Waals surface area contributed by atoms with Crippen molar-refractivity contribution in [3.05, 3.63) is 35.9 Å². The lowest BCUT2D eigenvalue weighted by Crippen LogP contribution is -2.22. The van der Waals surface area contributed by atoms with Crippen LogP contribution in [0.4, 0.5) is 0 Å². The number of rotatable bonds is 3. The normalized spacial score (nSPS) is 8.73. The Balaban J connectivity index is 0.000000265. The lowest BCUT2D eigenvalue weighted by atomic mass is 10.2. The minimum atomic E-state index is -0.0949. The van der Waals surface area contributed by atoms with Crippen molar-refractivity contribution in [1.82, 2.24) is 5.32 Å². The second-order valence-corrected chi connectivity index (χ2v) is 2.75. The summed E-state index contributed by atoms with van der Waals surface area (Å²) in [6.45, 7) is 0.289. The minimum Gasteiger partial charge on any atom is -0.392 e. The molecule has 0 saturated carbocycles. The summed E-state index contributed by atoms with van der Waals surface area (Å²) in [6, 6.07) is 9.52. The van der Waals surface area contributed by atoms with Gasteiger partial charge in [-0.1, -0.05) is 30.3 Å². The summed E-state index contributed by atoms with van der Waals surface area (Å²) >= 11 is 0. The van der Waals surface area contributed by atoms with Gasteiger partial charge in [0.05, 0.1) is 6.61 Å². The van der Waals surface area contributed by atoms with Crippen molar-refractivity contribution in [3.63, 3.8) is 0 Å². The molecule has 84 valence electrons. The van der Waals surface area contributed by atoms with Gasteiger partial charge in [-0.2, -0.15) is 0 Å². The van der Waals surface area contributed by atoms with Gasteiger partial charge in [0.25, 0.3) is 0 Å². The van der Waals surface area contributed by atoms with Crippen LogP contribution in [0.3, 0.4) is 0 Å². The monoisotopic (exact) mass is 211 g/mol. The van der Waals surface area contributed by atoms with Gasteiger partial charge in [0.15, 0.2) is 0 Å². The maximum absolute atomic E-state index is 10.2. The molecule has 0 aliphatic carbocycles. The predicted molar refractivity (Wildman–Crippen MR) is 58.3 cm³/mol. The standard InChI is InChI=1S/C7H8O.C4H9NO2/c8-6-7-4-2-1-3-5-7;1-5-4(6)3-7-2/h1-5,8H,6H2;3H2,1-2H3,(H,5,6). The van der Waals surface area contributed by atoms with Crippen LogP contribution in [0, 0.1) is 0 Å². The summed E-state index contributed by atoms with van der Waals surface area (Å²) < 4.78 is 4.48. The van der Waals surface area contributed by atoms with Crippen molar-refractivity contribution in [2.45, 2.75) is 6.61 Å². The van der Waals surface area contributed by atoms with Crippen LogP contribution in [0.5, 0.6) is 0 Å². The van der Waals surface area contributed by atoms with Crippen LogP contribution in [0.15, 0.2) is 30.3 Å². The van der Waals surface area contributed by atoms with Gasteiger partial charge in [0.2, 0.25) is 5.91 Å². The summed E-state index contributed by atoms with van der Waals surface area (Å²) in [5.41, 5.74) is 0.965. The molecule has 0 atom stereocenters. The molecule has 0 saturated heterocycles. The highest BCUT2D eigenvalue weighted by atomic mass is 16.5. The Hall–Kier alpha value is -1.39. The molecule has 4 heteroatoms. The number of nitrogens with one attached hydrogen (secondary N) is 1. The van der Waals surface area contributed by atoms with E-state index in [2.05, 4.69) is 10.1 Å². The highest BCUT2D eigenvalue weighted by molar-refractivity contribution is 5.76. The Kier molecular flexibility index (Phi) is 8.33. The number of benzene rings is 1. The molecule has 0 bridgehead atoms. The van der Waals surface area contributed by atoms with E-state index in [-0.39, 0.29) is 19.1 Å². The Morgan fingerprint density at radius 3 is 2.27 bits per heavy atom. The molecule has 2 N–H and O–H groups in total. The molecule has 1 aromatic rings. The molecule has 0 spiro atoms. The topological polar surface area (TPSA) is 58.6 Å². The third kappa shape index (κ3) is 7.66. The summed E-state index contributed by atoms with van der Waals surface area (Å²) in [5, 5.41) is 10.9. The van der Waals surface area contributed by atoms with E-state index in [1.165, 1.54) is 7.11 Å². The molecule has 0 aliphatic heterocycles. The van der Waals surface area contributed by atoms with E-state index in [0.717, 1.165) is 5.56 Å². The zero-order valence-corrected chi connectivity index (χ0v) is 9.06. The smallest absolute Gasteiger partial charge is 0.245 e. The predicted octanol–water partition coefficient (Wildman–Crippen LogP) is 0.558. The zero-order valence-electron chi connectivity index (χ0n) is 9.06. The first-order valence-corrected chi connectivity index (χ1v) is 4.59. The largest absolute Gasteiger partial charge is 0.392 e. The van der Waals surface area contributed by atoms with Gasteiger partial charge in [-0.05, 0) is 5.56 Å². The number of hydrogen-bond donors (Lipinski definition) is 2. The van der Waals surface area contributed by atoms with Crippen LogP contribution >= 0.6 is 0 Å². The van der Waals surface area contributed by atoms with Crippen molar-refractivity contribution in [2.24, 2.45) is 0 Å². The number of ether oxygens (including phenoxy) is 1. The van der Waals surface area contributed by atoms with E-state index >= 15 is 0 Å². The minimum absolute atomic E-state index is 0.0949. The third-order valence-electron chi connectivity index (χ3n) is 1.58. The Labute approximate surface area is 89.9 Å². The average molecular weight is 211 g/mol. The molecule has 0 aromatic heterocycles. The Morgan fingerprint density at radius 2 is 2.00 bits per heavy atom. The number of aliphatic hydroxyl groups is 1. The fourth-order valence-electron chi connectivity index (χ4n) is 0.787. The second kappa shape index (κ2) is 9.18. The van der Waals surface area contributed by atoms with E-state index < -0.39 is 0 Å². The van der Waals surface area contributed by atoms with Crippen molar-refractivity contribution in [1.29, 1.82) is 0 Å². The molecule has 4 nitrogen and oxygen atoms in total. The van der Waals surface area contributed by atoms with E-state index in [1.54, 1.807) is 7.05 Å². The molecule has 0 fully saturated rings. The molecule has 1 aromatic carbocycles. The number of aliphatic hydroxyl groups excluding tert-OH is 1. The van der Waals surface area contributed by atoms with Gasteiger partial charge in [-0.15, -0.1) is 0 Å². The third-order valence-corrected chi connectivity index (χ3v) is 1.58. The average Bonchev–Trinajstić information content (AvgIpc) is 2.31. The second-order valence-electron chi connectivity index (χ2n) is 2.75. The number of likely N-dealkylation sites (N-methyl/N-ethyl adjacent to an activating group) is 1. The SMILES string of the molecule is CNC(=O)COC.OCc1ccccc1. The summed E-state index contributed by atoms with van der Waals surface area (Å²) in [4.78, 5) is 10.2. The molecule has 0 aliphatic rings. The molecule has 0 unspecified atom stereocenters. The highest BCUT2D eigenvalue weighted by Crippen LogP contribution is 1.95. The van der Waals surface area contributed by atoms with E-state index in [1.807, 2.05) is 30.3 Å². The van der Waals surface area contributed by atoms with Crippen LogP contribution in [0.2, 0.25) is 0 Å². The number of carbonyl (C=O) groups excluding carboxylic acids is 1. The van der Waals surface area contributed by atoms with Crippen molar-refractivity contribution in [2.75, 3.05) is 20.8 Å². The van der Waals surface area contributed by atoms with Crippen molar-refractivity contribution >= 4 is 5.91 Å². The zero-order chi connectivity index (χ0) is 11.5. The van der Waals surface area contributed by atoms with Gasteiger partial charge in [0, 0.05) is 14.2 Å². The van der Waals surface area contributed by atoms with Gasteiger partial charge in [-0.25, -0.2) is 0 Å². The van der Waals surface area contributed by atoms with Gasteiger partial charge in [-0.3, -0.25) is 4.79 Å². The van der Waals surface area contributed by atoms with Crippen LogP contribution in [0.1, 0.15) is 5.56 Å². The van der Waals surface area contributed by atoms with Crippen molar-refractivity contribution < 1.29 is 14.6 Å². The quantitative estimate of drug-likeness (QED) is 0.768. The lowest BCUT2D eigenvalue weighted by Gasteiger charge is -1.92. The first-order valence-electron chi connectivity index (χ1n) is 4.59. The van der Waals surface area contributed by atoms with Crippen LogP contribution in [-0.4, -0.2) is 31.8 Å². The first kappa shape index (κ1) is 13.6.